The molecule has 0 aromatic carbocycles. The van der Waals surface area contributed by atoms with Crippen LogP contribution in [0.25, 0.3) is 0 Å². The lowest BCUT2D eigenvalue weighted by Crippen LogP contribution is -2.42. The normalized spacial score (nSPS) is 13.5. The highest BCUT2D eigenvalue weighted by Gasteiger charge is 2.25. The predicted octanol–water partition coefficient (Wildman–Crippen LogP) is 0.806. The molecule has 1 atom stereocenters. The maximum Gasteiger partial charge on any atom is 0.221 e. The van der Waals surface area contributed by atoms with Gasteiger partial charge in [-0.05, 0) is 18.6 Å². The Kier molecular flexibility index (Phi) is 5.10. The van der Waals surface area contributed by atoms with E-state index in [0.717, 1.165) is 5.76 Å². The van der Waals surface area contributed by atoms with Crippen molar-refractivity contribution in [1.82, 2.24) is 4.72 Å². The van der Waals surface area contributed by atoms with Gasteiger partial charge in [0.25, 0.3) is 0 Å². The van der Waals surface area contributed by atoms with Crippen LogP contribution in [0.3, 0.4) is 0 Å². The molecule has 0 fully saturated rings. The van der Waals surface area contributed by atoms with Crippen molar-refractivity contribution in [3.05, 3.63) is 24.2 Å². The number of nitrogens with one attached hydrogen (secondary N) is 1. The van der Waals surface area contributed by atoms with Crippen molar-refractivity contribution in [1.29, 1.82) is 0 Å². The predicted molar refractivity (Wildman–Crippen MR) is 70.2 cm³/mol. The summed E-state index contributed by atoms with van der Waals surface area (Å²) in [4.78, 5) is -0.00185. The number of nitrogens with two attached hydrogens (primary N) is 1. The first-order chi connectivity index (χ1) is 7.97. The van der Waals surface area contributed by atoms with Crippen molar-refractivity contribution < 1.29 is 12.8 Å². The third-order valence-corrected chi connectivity index (χ3v) is 4.69. The lowest BCUT2D eigenvalue weighted by Gasteiger charge is -2.14. The molecule has 0 aliphatic carbocycles. The van der Waals surface area contributed by atoms with E-state index in [1.54, 1.807) is 25.3 Å². The summed E-state index contributed by atoms with van der Waals surface area (Å²) < 4.78 is 31.2. The highest BCUT2D eigenvalue weighted by Crippen LogP contribution is 2.05. The van der Waals surface area contributed by atoms with Crippen LogP contribution in [0.15, 0.2) is 22.8 Å². The van der Waals surface area contributed by atoms with E-state index in [2.05, 4.69) is 4.72 Å². The molecular formula is C10H16N2O3S2. The molecule has 1 rings (SSSR count). The second-order valence-electron chi connectivity index (χ2n) is 3.57. The Balaban J connectivity index is 2.52. The number of thiocarbonyl (C=S) groups is 1. The molecule has 0 bridgehead atoms. The van der Waals surface area contributed by atoms with Crippen molar-refractivity contribution in [3.8, 4) is 0 Å². The second kappa shape index (κ2) is 6.13. The number of furan rings is 1. The molecule has 1 heterocycles. The van der Waals surface area contributed by atoms with Gasteiger partial charge in [0.15, 0.2) is 0 Å². The number of hydrogen-bond acceptors (Lipinski definition) is 4. The van der Waals surface area contributed by atoms with Gasteiger partial charge < -0.3 is 10.2 Å². The van der Waals surface area contributed by atoms with Gasteiger partial charge in [0.1, 0.15) is 11.0 Å². The minimum Gasteiger partial charge on any atom is -0.469 e. The Morgan fingerprint density at radius 3 is 2.82 bits per heavy atom. The van der Waals surface area contributed by atoms with Gasteiger partial charge in [-0.3, -0.25) is 0 Å². The zero-order valence-electron chi connectivity index (χ0n) is 9.55. The van der Waals surface area contributed by atoms with E-state index in [4.69, 9.17) is 22.4 Å². The van der Waals surface area contributed by atoms with Crippen LogP contribution >= 0.6 is 12.2 Å². The summed E-state index contributed by atoms with van der Waals surface area (Å²) in [5.41, 5.74) is 5.39. The summed E-state index contributed by atoms with van der Waals surface area (Å²) in [6.07, 6.45) is 2.42. The van der Waals surface area contributed by atoms with Gasteiger partial charge >= 0.3 is 0 Å². The standard InChI is InChI=1S/C10H16N2O3S2/c1-2-9(10(11)16)17(13,14)12-6-5-8-4-3-7-15-8/h3-4,7,9,12H,2,5-6H2,1H3,(H2,11,16). The Morgan fingerprint density at radius 1 is 1.65 bits per heavy atom. The fourth-order valence-electron chi connectivity index (χ4n) is 1.45. The Labute approximate surface area is 106 Å². The van der Waals surface area contributed by atoms with Crippen molar-refractivity contribution >= 4 is 27.2 Å². The summed E-state index contributed by atoms with van der Waals surface area (Å²) in [6, 6.07) is 3.55. The molecule has 0 spiro atoms. The average Bonchev–Trinajstić information content (AvgIpc) is 2.69. The molecule has 1 aromatic rings. The Bertz CT molecular complexity index is 454. The van der Waals surface area contributed by atoms with Crippen LogP contribution in [0.1, 0.15) is 19.1 Å². The maximum absolute atomic E-state index is 11.8. The SMILES string of the molecule is CCC(C(N)=S)S(=O)(=O)NCCc1ccco1. The Morgan fingerprint density at radius 2 is 2.35 bits per heavy atom. The molecule has 0 aliphatic heterocycles. The van der Waals surface area contributed by atoms with Crippen molar-refractivity contribution in [2.75, 3.05) is 6.54 Å². The fraction of sp³-hybridized carbons (Fsp3) is 0.500. The molecule has 0 radical (unpaired) electrons. The molecule has 1 aromatic heterocycles. The quantitative estimate of drug-likeness (QED) is 0.720. The van der Waals surface area contributed by atoms with Crippen LogP contribution < -0.4 is 10.5 Å². The van der Waals surface area contributed by atoms with Gasteiger partial charge in [0, 0.05) is 13.0 Å². The average molecular weight is 276 g/mol. The summed E-state index contributed by atoms with van der Waals surface area (Å²) in [6.45, 7) is 2.00. The van der Waals surface area contributed by atoms with Crippen molar-refractivity contribution in [2.24, 2.45) is 5.73 Å². The first-order valence-electron chi connectivity index (χ1n) is 5.27. The molecule has 96 valence electrons. The fourth-order valence-corrected chi connectivity index (χ4v) is 3.32. The molecule has 0 aliphatic rings. The molecule has 0 amide bonds. The van der Waals surface area contributed by atoms with Gasteiger partial charge in [-0.1, -0.05) is 19.1 Å². The highest BCUT2D eigenvalue weighted by molar-refractivity contribution is 7.93. The molecule has 7 heteroatoms. The van der Waals surface area contributed by atoms with Gasteiger partial charge in [-0.15, -0.1) is 0 Å². The first-order valence-corrected chi connectivity index (χ1v) is 7.23. The van der Waals surface area contributed by atoms with Gasteiger partial charge in [0.2, 0.25) is 10.0 Å². The van der Waals surface area contributed by atoms with Crippen LogP contribution in [-0.2, 0) is 16.4 Å². The smallest absolute Gasteiger partial charge is 0.221 e. The van der Waals surface area contributed by atoms with Crippen LogP contribution in [0, 0.1) is 0 Å². The molecule has 0 saturated carbocycles. The number of hydrogen-bond donors (Lipinski definition) is 2. The zero-order valence-corrected chi connectivity index (χ0v) is 11.2. The van der Waals surface area contributed by atoms with Crippen LogP contribution in [0.2, 0.25) is 0 Å². The summed E-state index contributed by atoms with van der Waals surface area (Å²) >= 11 is 4.73. The second-order valence-corrected chi connectivity index (χ2v) is 5.99. The summed E-state index contributed by atoms with van der Waals surface area (Å²) in [7, 11) is -3.48. The van der Waals surface area contributed by atoms with E-state index in [9.17, 15) is 8.42 Å². The van der Waals surface area contributed by atoms with Crippen molar-refractivity contribution in [3.63, 3.8) is 0 Å². The molecule has 3 N–H and O–H groups in total. The van der Waals surface area contributed by atoms with E-state index in [-0.39, 0.29) is 11.5 Å². The van der Waals surface area contributed by atoms with Crippen LogP contribution in [-0.4, -0.2) is 25.2 Å². The highest BCUT2D eigenvalue weighted by atomic mass is 32.2. The largest absolute Gasteiger partial charge is 0.469 e. The number of sulfonamides is 1. The Hall–Kier alpha value is -0.920. The molecule has 5 nitrogen and oxygen atoms in total. The lowest BCUT2D eigenvalue weighted by molar-refractivity contribution is 0.505. The van der Waals surface area contributed by atoms with Crippen molar-refractivity contribution in [2.45, 2.75) is 25.0 Å². The summed E-state index contributed by atoms with van der Waals surface area (Å²) in [5, 5.41) is -0.811. The van der Waals surface area contributed by atoms with Crippen LogP contribution in [0.4, 0.5) is 0 Å². The third kappa shape index (κ3) is 4.10. The topological polar surface area (TPSA) is 85.3 Å². The minimum absolute atomic E-state index is 0.00185. The van der Waals surface area contributed by atoms with E-state index in [1.165, 1.54) is 0 Å². The first kappa shape index (κ1) is 14.1. The maximum atomic E-state index is 11.8. The monoisotopic (exact) mass is 276 g/mol. The van der Waals surface area contributed by atoms with E-state index in [0.29, 0.717) is 12.8 Å². The minimum atomic E-state index is -3.48. The van der Waals surface area contributed by atoms with E-state index in [1.807, 2.05) is 0 Å². The third-order valence-electron chi connectivity index (χ3n) is 2.32. The zero-order chi connectivity index (χ0) is 12.9. The van der Waals surface area contributed by atoms with Gasteiger partial charge in [0.05, 0.1) is 11.3 Å². The van der Waals surface area contributed by atoms with Crippen LogP contribution in [0.5, 0.6) is 0 Å². The molecular weight excluding hydrogens is 260 g/mol. The van der Waals surface area contributed by atoms with Gasteiger partial charge in [-0.25, -0.2) is 13.1 Å². The van der Waals surface area contributed by atoms with Gasteiger partial charge in [-0.2, -0.15) is 0 Å². The molecule has 0 saturated heterocycles. The van der Waals surface area contributed by atoms with E-state index < -0.39 is 15.3 Å². The molecule has 1 unspecified atom stereocenters. The van der Waals surface area contributed by atoms with E-state index >= 15 is 0 Å². The summed E-state index contributed by atoms with van der Waals surface area (Å²) in [5.74, 6) is 0.732. The number of rotatable bonds is 7. The molecule has 17 heavy (non-hydrogen) atoms. The lowest BCUT2D eigenvalue weighted by atomic mass is 10.3.